The number of thiazole rings is 1. The van der Waals surface area contributed by atoms with Crippen molar-refractivity contribution in [2.24, 2.45) is 0 Å². The molecule has 4 rings (SSSR count). The Kier molecular flexibility index (Phi) is 4.05. The van der Waals surface area contributed by atoms with Crippen LogP contribution in [-0.2, 0) is 0 Å². The van der Waals surface area contributed by atoms with E-state index < -0.39 is 0 Å². The van der Waals surface area contributed by atoms with Gasteiger partial charge in [-0.05, 0) is 44.0 Å². The first-order chi connectivity index (χ1) is 12.5. The zero-order valence-corrected chi connectivity index (χ0v) is 15.6. The van der Waals surface area contributed by atoms with Crippen molar-refractivity contribution in [3.05, 3.63) is 71.0 Å². The van der Waals surface area contributed by atoms with Crippen LogP contribution in [0.5, 0.6) is 0 Å². The van der Waals surface area contributed by atoms with Crippen LogP contribution in [0.1, 0.15) is 27.2 Å². The zero-order valence-electron chi connectivity index (χ0n) is 14.8. The number of aromatic nitrogens is 3. The number of hydrogen-bond acceptors (Lipinski definition) is 4. The van der Waals surface area contributed by atoms with Crippen molar-refractivity contribution in [2.75, 3.05) is 5.32 Å². The monoisotopic (exact) mass is 362 g/mol. The summed E-state index contributed by atoms with van der Waals surface area (Å²) in [5.41, 5.74) is 5.45. The van der Waals surface area contributed by atoms with Crippen molar-refractivity contribution >= 4 is 32.6 Å². The summed E-state index contributed by atoms with van der Waals surface area (Å²) in [5, 5.41) is 7.91. The molecule has 0 unspecified atom stereocenters. The second-order valence-corrected chi connectivity index (χ2v) is 7.27. The van der Waals surface area contributed by atoms with Gasteiger partial charge in [0.1, 0.15) is 0 Å². The van der Waals surface area contributed by atoms with E-state index in [2.05, 4.69) is 15.4 Å². The average molecular weight is 362 g/mol. The van der Waals surface area contributed by atoms with Gasteiger partial charge < -0.3 is 0 Å². The lowest BCUT2D eigenvalue weighted by Crippen LogP contribution is -2.13. The van der Waals surface area contributed by atoms with E-state index in [1.165, 1.54) is 11.3 Å². The third kappa shape index (κ3) is 2.78. The smallest absolute Gasteiger partial charge is 0.260 e. The highest BCUT2D eigenvalue weighted by molar-refractivity contribution is 7.22. The Morgan fingerprint density at radius 1 is 1.04 bits per heavy atom. The minimum atomic E-state index is -0.195. The third-order valence-electron chi connectivity index (χ3n) is 4.44. The third-order valence-corrected chi connectivity index (χ3v) is 5.38. The summed E-state index contributed by atoms with van der Waals surface area (Å²) in [4.78, 5) is 17.3. The van der Waals surface area contributed by atoms with E-state index >= 15 is 0 Å². The van der Waals surface area contributed by atoms with Crippen LogP contribution in [-0.4, -0.2) is 20.7 Å². The lowest BCUT2D eigenvalue weighted by Gasteiger charge is -2.08. The number of carbonyl (C=O) groups excluding carboxylic acids is 1. The molecular formula is C20H18N4OS. The van der Waals surface area contributed by atoms with E-state index in [4.69, 9.17) is 0 Å². The van der Waals surface area contributed by atoms with Crippen LogP contribution in [0.2, 0.25) is 0 Å². The van der Waals surface area contributed by atoms with Gasteiger partial charge in [-0.2, -0.15) is 5.10 Å². The predicted molar refractivity (Wildman–Crippen MR) is 105 cm³/mol. The number of fused-ring (bicyclic) bond motifs is 1. The van der Waals surface area contributed by atoms with Gasteiger partial charge >= 0.3 is 0 Å². The molecule has 5 nitrogen and oxygen atoms in total. The zero-order chi connectivity index (χ0) is 18.3. The molecule has 0 aliphatic carbocycles. The highest BCUT2D eigenvalue weighted by Gasteiger charge is 2.17. The Bertz CT molecular complexity index is 1130. The van der Waals surface area contributed by atoms with Gasteiger partial charge in [-0.15, -0.1) is 0 Å². The van der Waals surface area contributed by atoms with Crippen LogP contribution in [0.15, 0.2) is 48.7 Å². The molecule has 0 spiro atoms. The molecule has 0 aliphatic rings. The first kappa shape index (κ1) is 16.5. The molecule has 26 heavy (non-hydrogen) atoms. The maximum atomic E-state index is 12.7. The van der Waals surface area contributed by atoms with Gasteiger partial charge in [0.2, 0.25) is 0 Å². The number of carbonyl (C=O) groups is 1. The summed E-state index contributed by atoms with van der Waals surface area (Å²) in [6.07, 6.45) is 1.61. The second-order valence-electron chi connectivity index (χ2n) is 6.24. The van der Waals surface area contributed by atoms with Gasteiger partial charge in [0, 0.05) is 0 Å². The van der Waals surface area contributed by atoms with Crippen LogP contribution in [0, 0.1) is 20.8 Å². The SMILES string of the molecule is Cc1ccccc1-n1ncc(C(=O)Nc2nc3c(C)cccc3s2)c1C. The van der Waals surface area contributed by atoms with Crippen molar-refractivity contribution in [3.8, 4) is 5.69 Å². The molecule has 0 bridgehead atoms. The van der Waals surface area contributed by atoms with Crippen LogP contribution < -0.4 is 5.32 Å². The van der Waals surface area contributed by atoms with Crippen molar-refractivity contribution < 1.29 is 4.79 Å². The maximum Gasteiger partial charge on any atom is 0.260 e. The number of amides is 1. The van der Waals surface area contributed by atoms with Gasteiger partial charge in [-0.25, -0.2) is 9.67 Å². The molecule has 2 aromatic heterocycles. The summed E-state index contributed by atoms with van der Waals surface area (Å²) in [6, 6.07) is 14.0. The Hall–Kier alpha value is -2.99. The number of para-hydroxylation sites is 2. The van der Waals surface area contributed by atoms with E-state index in [1.807, 2.05) is 63.2 Å². The summed E-state index contributed by atoms with van der Waals surface area (Å²) in [7, 11) is 0. The Balaban J connectivity index is 1.64. The molecule has 0 saturated heterocycles. The maximum absolute atomic E-state index is 12.7. The molecule has 0 radical (unpaired) electrons. The fourth-order valence-corrected chi connectivity index (χ4v) is 3.92. The topological polar surface area (TPSA) is 59.8 Å². The molecule has 0 aliphatic heterocycles. The number of nitrogens with zero attached hydrogens (tertiary/aromatic N) is 3. The fraction of sp³-hybridized carbons (Fsp3) is 0.150. The van der Waals surface area contributed by atoms with Crippen LogP contribution >= 0.6 is 11.3 Å². The van der Waals surface area contributed by atoms with E-state index in [0.29, 0.717) is 10.7 Å². The number of aryl methyl sites for hydroxylation is 2. The molecular weight excluding hydrogens is 344 g/mol. The minimum Gasteiger partial charge on any atom is -0.298 e. The predicted octanol–water partition coefficient (Wildman–Crippen LogP) is 4.66. The quantitative estimate of drug-likeness (QED) is 0.577. The summed E-state index contributed by atoms with van der Waals surface area (Å²) in [5.74, 6) is -0.195. The van der Waals surface area contributed by atoms with E-state index in [9.17, 15) is 4.79 Å². The molecule has 0 fully saturated rings. The van der Waals surface area contributed by atoms with Crippen molar-refractivity contribution in [2.45, 2.75) is 20.8 Å². The molecule has 0 atom stereocenters. The fourth-order valence-electron chi connectivity index (χ4n) is 2.98. The van der Waals surface area contributed by atoms with Crippen LogP contribution in [0.4, 0.5) is 5.13 Å². The largest absolute Gasteiger partial charge is 0.298 e. The molecule has 0 saturated carbocycles. The van der Waals surface area contributed by atoms with Crippen molar-refractivity contribution in [1.29, 1.82) is 0 Å². The number of nitrogens with one attached hydrogen (secondary N) is 1. The average Bonchev–Trinajstić information content (AvgIpc) is 3.19. The Morgan fingerprint density at radius 2 is 1.81 bits per heavy atom. The molecule has 1 amide bonds. The van der Waals surface area contributed by atoms with Gasteiger partial charge in [-0.3, -0.25) is 10.1 Å². The number of hydrogen-bond donors (Lipinski definition) is 1. The normalized spacial score (nSPS) is 11.0. The van der Waals surface area contributed by atoms with Crippen LogP contribution in [0.3, 0.4) is 0 Å². The number of anilines is 1. The molecule has 4 aromatic rings. The Labute approximate surface area is 155 Å². The van der Waals surface area contributed by atoms with Gasteiger partial charge in [0.05, 0.1) is 33.4 Å². The summed E-state index contributed by atoms with van der Waals surface area (Å²) < 4.78 is 2.86. The molecule has 130 valence electrons. The Morgan fingerprint density at radius 3 is 2.58 bits per heavy atom. The van der Waals surface area contributed by atoms with E-state index in [1.54, 1.807) is 10.9 Å². The first-order valence-electron chi connectivity index (χ1n) is 8.33. The molecule has 2 aromatic carbocycles. The van der Waals surface area contributed by atoms with E-state index in [-0.39, 0.29) is 5.91 Å². The molecule has 1 N–H and O–H groups in total. The lowest BCUT2D eigenvalue weighted by molar-refractivity contribution is 0.102. The van der Waals surface area contributed by atoms with Gasteiger partial charge in [0.15, 0.2) is 5.13 Å². The molecule has 6 heteroatoms. The van der Waals surface area contributed by atoms with Crippen LogP contribution in [0.25, 0.3) is 15.9 Å². The second kappa shape index (κ2) is 6.38. The van der Waals surface area contributed by atoms with Gasteiger partial charge in [-0.1, -0.05) is 41.7 Å². The highest BCUT2D eigenvalue weighted by Crippen LogP contribution is 2.28. The summed E-state index contributed by atoms with van der Waals surface area (Å²) in [6.45, 7) is 5.94. The van der Waals surface area contributed by atoms with Crippen molar-refractivity contribution in [1.82, 2.24) is 14.8 Å². The number of benzene rings is 2. The van der Waals surface area contributed by atoms with E-state index in [0.717, 1.165) is 32.7 Å². The minimum absolute atomic E-state index is 0.195. The number of rotatable bonds is 3. The van der Waals surface area contributed by atoms with Crippen molar-refractivity contribution in [3.63, 3.8) is 0 Å². The highest BCUT2D eigenvalue weighted by atomic mass is 32.1. The summed E-state index contributed by atoms with van der Waals surface area (Å²) >= 11 is 1.48. The lowest BCUT2D eigenvalue weighted by atomic mass is 10.2. The standard InChI is InChI=1S/C20H18N4OS/c1-12-7-4-5-9-16(12)24-14(3)15(11-21-24)19(25)23-20-22-18-13(2)8-6-10-17(18)26-20/h4-11H,1-3H3,(H,22,23,25). The van der Waals surface area contributed by atoms with Gasteiger partial charge in [0.25, 0.3) is 5.91 Å². The first-order valence-corrected chi connectivity index (χ1v) is 9.14. The molecule has 2 heterocycles.